The largest absolute Gasteiger partial charge is 0.494 e. The van der Waals surface area contributed by atoms with Crippen molar-refractivity contribution >= 4 is 26.7 Å². The number of carbonyl (C=O) groups excluding carboxylic acids is 1. The Balaban J connectivity index is 2.52. The van der Waals surface area contributed by atoms with Gasteiger partial charge in [0.05, 0.1) is 11.5 Å². The van der Waals surface area contributed by atoms with Crippen LogP contribution in [0.4, 0.5) is 0 Å². The second-order valence-corrected chi connectivity index (χ2v) is 9.96. The minimum absolute atomic E-state index is 0.110. The summed E-state index contributed by atoms with van der Waals surface area (Å²) in [5.41, 5.74) is 1.63. The zero-order valence-corrected chi connectivity index (χ0v) is 19.1. The number of nitrogens with one attached hydrogen (secondary N) is 1. The van der Waals surface area contributed by atoms with Gasteiger partial charge in [-0.15, -0.1) is 0 Å². The van der Waals surface area contributed by atoms with Gasteiger partial charge in [-0.3, -0.25) is 10.0 Å². The normalized spacial score (nSPS) is 13.2. The number of benzene rings is 2. The molecule has 0 saturated heterocycles. The third-order valence-electron chi connectivity index (χ3n) is 4.95. The maximum atomic E-state index is 13.6. The highest BCUT2D eigenvalue weighted by Gasteiger charge is 2.37. The number of fused-ring (bicyclic) bond motifs is 1. The van der Waals surface area contributed by atoms with E-state index in [1.807, 2.05) is 32.9 Å². The molecule has 2 N–H and O–H groups in total. The van der Waals surface area contributed by atoms with Crippen molar-refractivity contribution < 1.29 is 23.2 Å². The molecule has 30 heavy (non-hydrogen) atoms. The van der Waals surface area contributed by atoms with Gasteiger partial charge in [-0.1, -0.05) is 39.8 Å². The molecule has 2 rings (SSSR count). The Morgan fingerprint density at radius 2 is 1.73 bits per heavy atom. The molecule has 0 aliphatic heterocycles. The number of rotatable bonds is 10. The fourth-order valence-corrected chi connectivity index (χ4v) is 5.15. The van der Waals surface area contributed by atoms with E-state index in [0.717, 1.165) is 16.5 Å². The number of hydroxylamine groups is 1. The van der Waals surface area contributed by atoms with Crippen LogP contribution in [0.5, 0.6) is 5.75 Å². The third kappa shape index (κ3) is 5.50. The van der Waals surface area contributed by atoms with Crippen LogP contribution in [0.25, 0.3) is 10.8 Å². The van der Waals surface area contributed by atoms with Crippen molar-refractivity contribution in [3.05, 3.63) is 36.4 Å². The summed E-state index contributed by atoms with van der Waals surface area (Å²) in [5, 5.41) is 10.8. The first-order valence-electron chi connectivity index (χ1n) is 10.2. The maximum Gasteiger partial charge on any atom is 0.262 e. The van der Waals surface area contributed by atoms with Gasteiger partial charge in [0.1, 0.15) is 11.8 Å². The van der Waals surface area contributed by atoms with E-state index in [2.05, 4.69) is 0 Å². The van der Waals surface area contributed by atoms with E-state index < -0.39 is 22.0 Å². The van der Waals surface area contributed by atoms with E-state index in [4.69, 9.17) is 4.74 Å². The fourth-order valence-electron chi connectivity index (χ4n) is 3.38. The average molecular weight is 437 g/mol. The number of nitrogens with zero attached hydrogens (tertiary/aromatic N) is 1. The molecule has 0 saturated carbocycles. The Morgan fingerprint density at radius 1 is 1.10 bits per heavy atom. The van der Waals surface area contributed by atoms with Gasteiger partial charge in [0.25, 0.3) is 5.91 Å². The first-order chi connectivity index (χ1) is 14.1. The SMILES string of the molecule is CCOc1ccc2cc(S(=O)(=O)N(CCC(C)C)[C@@H](C(=O)NO)C(C)C)ccc2c1. The first kappa shape index (κ1) is 24.1. The van der Waals surface area contributed by atoms with E-state index >= 15 is 0 Å². The molecule has 0 aliphatic carbocycles. The Labute approximate surface area is 179 Å². The molecular formula is C22H32N2O5S. The van der Waals surface area contributed by atoms with Crippen LogP contribution in [0.3, 0.4) is 0 Å². The molecule has 2 aromatic carbocycles. The molecular weight excluding hydrogens is 404 g/mol. The van der Waals surface area contributed by atoms with Gasteiger partial charge >= 0.3 is 0 Å². The van der Waals surface area contributed by atoms with Crippen LogP contribution in [0, 0.1) is 11.8 Å². The van der Waals surface area contributed by atoms with Gasteiger partial charge in [-0.2, -0.15) is 4.31 Å². The van der Waals surface area contributed by atoms with Crippen molar-refractivity contribution in [1.29, 1.82) is 0 Å². The van der Waals surface area contributed by atoms with E-state index in [0.29, 0.717) is 13.0 Å². The standard InChI is InChI=1S/C22H32N2O5S/c1-6-29-19-9-7-18-14-20(10-8-17(18)13-19)30(27,28)24(12-11-15(2)3)21(16(4)5)22(25)23-26/h7-10,13-16,21,26H,6,11-12H2,1-5H3,(H,23,25)/t21-/m1/s1. The molecule has 8 heteroatoms. The minimum atomic E-state index is -3.98. The van der Waals surface area contributed by atoms with Gasteiger partial charge < -0.3 is 4.74 Å². The van der Waals surface area contributed by atoms with Crippen molar-refractivity contribution in [3.8, 4) is 5.75 Å². The molecule has 0 radical (unpaired) electrons. The molecule has 0 aliphatic rings. The zero-order chi connectivity index (χ0) is 22.5. The molecule has 0 spiro atoms. The summed E-state index contributed by atoms with van der Waals surface area (Å²) in [7, 11) is -3.98. The van der Waals surface area contributed by atoms with Crippen LogP contribution in [0.2, 0.25) is 0 Å². The van der Waals surface area contributed by atoms with Crippen LogP contribution in [0.1, 0.15) is 41.0 Å². The Bertz CT molecular complexity index is 973. The van der Waals surface area contributed by atoms with E-state index in [9.17, 15) is 18.4 Å². The predicted octanol–water partition coefficient (Wildman–Crippen LogP) is 3.81. The van der Waals surface area contributed by atoms with Crippen molar-refractivity contribution in [2.45, 2.75) is 52.0 Å². The second kappa shape index (κ2) is 10.2. The lowest BCUT2D eigenvalue weighted by Gasteiger charge is -2.32. The van der Waals surface area contributed by atoms with Crippen molar-refractivity contribution in [2.75, 3.05) is 13.2 Å². The molecule has 1 amide bonds. The van der Waals surface area contributed by atoms with Gasteiger partial charge in [-0.25, -0.2) is 13.9 Å². The third-order valence-corrected chi connectivity index (χ3v) is 6.82. The summed E-state index contributed by atoms with van der Waals surface area (Å²) in [4.78, 5) is 12.5. The van der Waals surface area contributed by atoms with Crippen LogP contribution in [-0.4, -0.2) is 43.0 Å². The number of sulfonamides is 1. The summed E-state index contributed by atoms with van der Waals surface area (Å²) >= 11 is 0. The first-order valence-corrected chi connectivity index (χ1v) is 11.7. The number of ether oxygens (including phenoxy) is 1. The van der Waals surface area contributed by atoms with Crippen molar-refractivity contribution in [2.24, 2.45) is 11.8 Å². The molecule has 0 bridgehead atoms. The zero-order valence-electron chi connectivity index (χ0n) is 18.3. The minimum Gasteiger partial charge on any atom is -0.494 e. The van der Waals surface area contributed by atoms with Gasteiger partial charge in [0.2, 0.25) is 10.0 Å². The average Bonchev–Trinajstić information content (AvgIpc) is 2.69. The second-order valence-electron chi connectivity index (χ2n) is 8.07. The summed E-state index contributed by atoms with van der Waals surface area (Å²) in [5.74, 6) is -0.0901. The quantitative estimate of drug-likeness (QED) is 0.436. The van der Waals surface area contributed by atoms with Gasteiger partial charge in [0.15, 0.2) is 0 Å². The maximum absolute atomic E-state index is 13.6. The Morgan fingerprint density at radius 3 is 2.30 bits per heavy atom. The molecule has 0 unspecified atom stereocenters. The summed E-state index contributed by atoms with van der Waals surface area (Å²) < 4.78 is 33.8. The molecule has 166 valence electrons. The monoisotopic (exact) mass is 436 g/mol. The van der Waals surface area contributed by atoms with Crippen LogP contribution < -0.4 is 10.2 Å². The van der Waals surface area contributed by atoms with E-state index in [1.165, 1.54) is 4.31 Å². The summed E-state index contributed by atoms with van der Waals surface area (Å²) in [6.45, 7) is 10.1. The molecule has 1 atom stereocenters. The van der Waals surface area contributed by atoms with Gasteiger partial charge in [-0.05, 0) is 60.2 Å². The number of hydrogen-bond acceptors (Lipinski definition) is 5. The summed E-state index contributed by atoms with van der Waals surface area (Å²) in [6.07, 6.45) is 0.590. The number of carbonyl (C=O) groups is 1. The van der Waals surface area contributed by atoms with Gasteiger partial charge in [0, 0.05) is 6.54 Å². The highest BCUT2D eigenvalue weighted by atomic mass is 32.2. The Kier molecular flexibility index (Phi) is 8.23. The molecule has 0 aromatic heterocycles. The van der Waals surface area contributed by atoms with Crippen LogP contribution in [-0.2, 0) is 14.8 Å². The lowest BCUT2D eigenvalue weighted by Crippen LogP contribution is -2.52. The predicted molar refractivity (Wildman–Crippen MR) is 117 cm³/mol. The molecule has 2 aromatic rings. The number of hydrogen-bond donors (Lipinski definition) is 2. The highest BCUT2D eigenvalue weighted by Crippen LogP contribution is 2.28. The molecule has 0 fully saturated rings. The van der Waals surface area contributed by atoms with Crippen LogP contribution >= 0.6 is 0 Å². The van der Waals surface area contributed by atoms with E-state index in [1.54, 1.807) is 43.6 Å². The Hall–Kier alpha value is -2.16. The highest BCUT2D eigenvalue weighted by molar-refractivity contribution is 7.89. The molecule has 0 heterocycles. The molecule has 7 nitrogen and oxygen atoms in total. The van der Waals surface area contributed by atoms with Crippen molar-refractivity contribution in [1.82, 2.24) is 9.79 Å². The van der Waals surface area contributed by atoms with E-state index in [-0.39, 0.29) is 23.3 Å². The topological polar surface area (TPSA) is 95.9 Å². The lowest BCUT2D eigenvalue weighted by atomic mass is 10.0. The number of amides is 1. The van der Waals surface area contributed by atoms with Crippen molar-refractivity contribution in [3.63, 3.8) is 0 Å². The summed E-state index contributed by atoms with van der Waals surface area (Å²) in [6, 6.07) is 9.35. The lowest BCUT2D eigenvalue weighted by molar-refractivity contribution is -0.134. The fraction of sp³-hybridized carbons (Fsp3) is 0.500. The van der Waals surface area contributed by atoms with Crippen LogP contribution in [0.15, 0.2) is 41.3 Å². The smallest absolute Gasteiger partial charge is 0.262 e.